The highest BCUT2D eigenvalue weighted by molar-refractivity contribution is 6.30. The number of allylic oxidation sites excluding steroid dienone is 1. The van der Waals surface area contributed by atoms with Crippen LogP contribution in [0.2, 0.25) is 5.02 Å². The maximum Gasteiger partial charge on any atom is 0.416 e. The molecule has 0 aromatic heterocycles. The average molecular weight is 480 g/mol. The minimum Gasteiger partial charge on any atom is -0.375 e. The van der Waals surface area contributed by atoms with Crippen molar-refractivity contribution < 1.29 is 18.0 Å². The molecule has 0 N–H and O–H groups in total. The summed E-state index contributed by atoms with van der Waals surface area (Å²) in [5.74, 6) is 0.304. The Morgan fingerprint density at radius 3 is 1.94 bits per heavy atom. The molecule has 1 fully saturated rings. The number of likely N-dealkylation sites (tertiary alicyclic amines) is 1. The standard InChI is InChI=1S/C26H31ClF3N.CH2O/c1-18(24(2,3)19-9-11-23(27)12-10-19)31-15-13-20(14-16-31)25(4,5)21-7-6-8-22(17-21)26(28,29)30;1-2/h6-12,17,20H,1,13-16H2,2-5H3;1H2. The molecule has 0 unspecified atom stereocenters. The molecule has 1 saturated heterocycles. The summed E-state index contributed by atoms with van der Waals surface area (Å²) in [4.78, 5) is 10.3. The Bertz CT molecular complexity index is 943. The number of hydrogen-bond acceptors (Lipinski definition) is 2. The van der Waals surface area contributed by atoms with Crippen molar-refractivity contribution in [1.82, 2.24) is 4.90 Å². The Balaban J connectivity index is 0.00000187. The van der Waals surface area contributed by atoms with Gasteiger partial charge in [-0.1, -0.05) is 76.2 Å². The van der Waals surface area contributed by atoms with Gasteiger partial charge in [0.15, 0.2) is 0 Å². The van der Waals surface area contributed by atoms with Crippen LogP contribution in [0.25, 0.3) is 0 Å². The zero-order valence-corrected chi connectivity index (χ0v) is 20.6. The third-order valence-electron chi connectivity index (χ3n) is 7.12. The molecule has 3 rings (SSSR count). The smallest absolute Gasteiger partial charge is 0.375 e. The summed E-state index contributed by atoms with van der Waals surface area (Å²) in [7, 11) is 0. The quantitative estimate of drug-likeness (QED) is 0.438. The van der Waals surface area contributed by atoms with E-state index in [2.05, 4.69) is 39.2 Å². The Morgan fingerprint density at radius 2 is 1.42 bits per heavy atom. The van der Waals surface area contributed by atoms with Crippen LogP contribution in [0.4, 0.5) is 13.2 Å². The topological polar surface area (TPSA) is 20.3 Å². The van der Waals surface area contributed by atoms with Gasteiger partial charge in [0, 0.05) is 29.2 Å². The van der Waals surface area contributed by atoms with Crippen LogP contribution in [0.5, 0.6) is 0 Å². The molecule has 0 spiro atoms. The van der Waals surface area contributed by atoms with Gasteiger partial charge >= 0.3 is 6.18 Å². The average Bonchev–Trinajstić information content (AvgIpc) is 2.80. The van der Waals surface area contributed by atoms with Crippen molar-refractivity contribution in [1.29, 1.82) is 0 Å². The third kappa shape index (κ3) is 6.00. The van der Waals surface area contributed by atoms with Gasteiger partial charge in [-0.15, -0.1) is 0 Å². The lowest BCUT2D eigenvalue weighted by Crippen LogP contribution is -2.43. The Kier molecular flexibility index (Phi) is 8.45. The second-order valence-electron chi connectivity index (χ2n) is 9.64. The minimum atomic E-state index is -4.32. The second kappa shape index (κ2) is 10.3. The molecule has 2 aromatic carbocycles. The molecule has 0 saturated carbocycles. The molecule has 6 heteroatoms. The normalized spacial score (nSPS) is 15.6. The van der Waals surface area contributed by atoms with Crippen molar-refractivity contribution in [2.45, 2.75) is 57.5 Å². The summed E-state index contributed by atoms with van der Waals surface area (Å²) in [6, 6.07) is 13.7. The summed E-state index contributed by atoms with van der Waals surface area (Å²) in [5.41, 5.74) is 1.84. The maximum absolute atomic E-state index is 13.2. The molecule has 2 aromatic rings. The Morgan fingerprint density at radius 1 is 0.909 bits per heavy atom. The lowest BCUT2D eigenvalue weighted by atomic mass is 9.69. The number of halogens is 4. The molecule has 2 nitrogen and oxygen atoms in total. The van der Waals surface area contributed by atoms with Gasteiger partial charge in [0.1, 0.15) is 6.79 Å². The first-order valence-corrected chi connectivity index (χ1v) is 11.4. The van der Waals surface area contributed by atoms with Crippen molar-refractivity contribution in [3.63, 3.8) is 0 Å². The fourth-order valence-electron chi connectivity index (χ4n) is 4.63. The van der Waals surface area contributed by atoms with Crippen LogP contribution in [0.15, 0.2) is 60.8 Å². The molecule has 1 aliphatic heterocycles. The molecule has 0 bridgehead atoms. The van der Waals surface area contributed by atoms with Crippen molar-refractivity contribution in [2.75, 3.05) is 13.1 Å². The van der Waals surface area contributed by atoms with Crippen molar-refractivity contribution in [3.05, 3.63) is 82.5 Å². The van der Waals surface area contributed by atoms with Crippen LogP contribution < -0.4 is 0 Å². The van der Waals surface area contributed by atoms with E-state index >= 15 is 0 Å². The number of piperidine rings is 1. The van der Waals surface area contributed by atoms with E-state index in [1.54, 1.807) is 0 Å². The van der Waals surface area contributed by atoms with Gasteiger partial charge in [-0.3, -0.25) is 0 Å². The number of benzene rings is 2. The van der Waals surface area contributed by atoms with Gasteiger partial charge < -0.3 is 9.69 Å². The molecule has 0 atom stereocenters. The zero-order chi connectivity index (χ0) is 25.0. The highest BCUT2D eigenvalue weighted by Gasteiger charge is 2.38. The summed E-state index contributed by atoms with van der Waals surface area (Å²) in [5, 5.41) is 0.711. The largest absolute Gasteiger partial charge is 0.416 e. The van der Waals surface area contributed by atoms with Crippen LogP contribution in [-0.2, 0) is 21.8 Å². The van der Waals surface area contributed by atoms with Crippen molar-refractivity contribution in [2.24, 2.45) is 5.92 Å². The summed E-state index contributed by atoms with van der Waals surface area (Å²) in [6.07, 6.45) is -2.49. The van der Waals surface area contributed by atoms with E-state index in [9.17, 15) is 13.2 Å². The van der Waals surface area contributed by atoms with Crippen LogP contribution in [-0.4, -0.2) is 24.8 Å². The number of alkyl halides is 3. The van der Waals surface area contributed by atoms with Gasteiger partial charge in [0.05, 0.1) is 5.56 Å². The number of rotatable bonds is 5. The summed E-state index contributed by atoms with van der Waals surface area (Å²) < 4.78 is 39.6. The van der Waals surface area contributed by atoms with Crippen LogP contribution in [0, 0.1) is 5.92 Å². The number of hydrogen-bond donors (Lipinski definition) is 0. The molecule has 180 valence electrons. The van der Waals surface area contributed by atoms with Gasteiger partial charge in [0.25, 0.3) is 0 Å². The summed E-state index contributed by atoms with van der Waals surface area (Å²) >= 11 is 6.04. The van der Waals surface area contributed by atoms with E-state index in [0.29, 0.717) is 10.9 Å². The fraction of sp³-hybridized carbons (Fsp3) is 0.444. The van der Waals surface area contributed by atoms with Crippen molar-refractivity contribution >= 4 is 18.4 Å². The first-order chi connectivity index (χ1) is 15.3. The van der Waals surface area contributed by atoms with Crippen LogP contribution in [0.3, 0.4) is 0 Å². The van der Waals surface area contributed by atoms with Gasteiger partial charge in [-0.05, 0) is 53.5 Å². The van der Waals surface area contributed by atoms with E-state index in [0.717, 1.165) is 48.8 Å². The predicted molar refractivity (Wildman–Crippen MR) is 130 cm³/mol. The zero-order valence-electron chi connectivity index (χ0n) is 19.8. The van der Waals surface area contributed by atoms with Gasteiger partial charge in [0.2, 0.25) is 0 Å². The highest BCUT2D eigenvalue weighted by Crippen LogP contribution is 2.42. The minimum absolute atomic E-state index is 0.228. The van der Waals surface area contributed by atoms with Crippen molar-refractivity contribution in [3.8, 4) is 0 Å². The number of carbonyl (C=O) groups excluding carboxylic acids is 1. The van der Waals surface area contributed by atoms with Crippen LogP contribution >= 0.6 is 11.6 Å². The van der Waals surface area contributed by atoms with E-state index in [1.165, 1.54) is 12.1 Å². The molecule has 33 heavy (non-hydrogen) atoms. The lowest BCUT2D eigenvalue weighted by molar-refractivity contribution is -0.137. The molecule has 1 heterocycles. The first kappa shape index (κ1) is 27.0. The second-order valence-corrected chi connectivity index (χ2v) is 10.1. The molecule has 0 radical (unpaired) electrons. The molecule has 1 aliphatic rings. The molecular formula is C27H33ClF3NO. The highest BCUT2D eigenvalue weighted by atomic mass is 35.5. The van der Waals surface area contributed by atoms with E-state index in [-0.39, 0.29) is 10.8 Å². The number of nitrogens with zero attached hydrogens (tertiary/aromatic N) is 1. The van der Waals surface area contributed by atoms with Crippen LogP contribution in [0.1, 0.15) is 57.2 Å². The van der Waals surface area contributed by atoms with Gasteiger partial charge in [-0.2, -0.15) is 13.2 Å². The molecular weight excluding hydrogens is 447 g/mol. The first-order valence-electron chi connectivity index (χ1n) is 11.0. The van der Waals surface area contributed by atoms with E-state index in [1.807, 2.05) is 37.1 Å². The van der Waals surface area contributed by atoms with Gasteiger partial charge in [-0.25, -0.2) is 0 Å². The molecule has 0 amide bonds. The Hall–Kier alpha value is -2.27. The predicted octanol–water partition coefficient (Wildman–Crippen LogP) is 7.66. The summed E-state index contributed by atoms with van der Waals surface area (Å²) in [6.45, 7) is 16.6. The number of carbonyl (C=O) groups is 1. The SMILES string of the molecule is C=C(N1CCC(C(C)(C)c2cccc(C(F)(F)F)c2)CC1)C(C)(C)c1ccc(Cl)cc1.C=O. The lowest BCUT2D eigenvalue weighted by Gasteiger charge is -2.45. The van der Waals surface area contributed by atoms with E-state index in [4.69, 9.17) is 16.4 Å². The fourth-order valence-corrected chi connectivity index (χ4v) is 4.76. The maximum atomic E-state index is 13.2. The monoisotopic (exact) mass is 479 g/mol. The van der Waals surface area contributed by atoms with E-state index < -0.39 is 11.7 Å². The third-order valence-corrected chi connectivity index (χ3v) is 7.37. The Labute approximate surface area is 200 Å². The molecule has 0 aliphatic carbocycles.